The number of rotatable bonds is 5. The van der Waals surface area contributed by atoms with Crippen molar-refractivity contribution in [1.82, 2.24) is 20.6 Å². The Kier molecular flexibility index (Phi) is 5.69. The number of nitrogens with one attached hydrogen (secondary N) is 2. The molecule has 6 nitrogen and oxygen atoms in total. The zero-order valence-corrected chi connectivity index (χ0v) is 18.0. The van der Waals surface area contributed by atoms with E-state index in [-0.39, 0.29) is 27.6 Å². The molecule has 4 heterocycles. The number of anilines is 1. The van der Waals surface area contributed by atoms with Gasteiger partial charge in [-0.2, -0.15) is 13.2 Å². The van der Waals surface area contributed by atoms with Crippen LogP contribution in [0.1, 0.15) is 33.0 Å². The molecule has 0 saturated carbocycles. The first-order valence-corrected chi connectivity index (χ1v) is 11.1. The monoisotopic (exact) mass is 455 g/mol. The molecule has 0 aliphatic carbocycles. The van der Waals surface area contributed by atoms with E-state index in [1.54, 1.807) is 11.3 Å². The molecule has 0 aromatic carbocycles. The average molecular weight is 456 g/mol. The van der Waals surface area contributed by atoms with E-state index in [0.717, 1.165) is 34.5 Å². The molecule has 0 bridgehead atoms. The lowest BCUT2D eigenvalue weighted by atomic mass is 10.1. The van der Waals surface area contributed by atoms with E-state index in [1.807, 2.05) is 17.2 Å². The van der Waals surface area contributed by atoms with Crippen LogP contribution in [0.4, 0.5) is 19.0 Å². The molecular weight excluding hydrogens is 435 g/mol. The number of hydrogen-bond acceptors (Lipinski definition) is 7. The number of carbonyl (C=O) groups is 1. The van der Waals surface area contributed by atoms with E-state index in [0.29, 0.717) is 19.6 Å². The predicted molar refractivity (Wildman–Crippen MR) is 112 cm³/mol. The number of amides is 1. The van der Waals surface area contributed by atoms with Gasteiger partial charge in [0, 0.05) is 49.2 Å². The third-order valence-corrected chi connectivity index (χ3v) is 6.98. The molecular formula is C19H20F3N5OS2. The zero-order chi connectivity index (χ0) is 21.5. The van der Waals surface area contributed by atoms with Gasteiger partial charge in [-0.3, -0.25) is 4.79 Å². The summed E-state index contributed by atoms with van der Waals surface area (Å²) in [5.41, 5.74) is 0.485. The zero-order valence-electron chi connectivity index (χ0n) is 16.3. The van der Waals surface area contributed by atoms with Crippen molar-refractivity contribution >= 4 is 44.6 Å². The van der Waals surface area contributed by atoms with Crippen molar-refractivity contribution in [3.63, 3.8) is 0 Å². The minimum Gasteiger partial charge on any atom is -0.355 e. The number of alkyl halides is 3. The lowest BCUT2D eigenvalue weighted by Crippen LogP contribution is -2.32. The second kappa shape index (κ2) is 8.12. The lowest BCUT2D eigenvalue weighted by Gasteiger charge is -2.20. The Labute approximate surface area is 179 Å². The van der Waals surface area contributed by atoms with Crippen molar-refractivity contribution in [3.8, 4) is 0 Å². The highest BCUT2D eigenvalue weighted by atomic mass is 32.1. The van der Waals surface area contributed by atoms with Gasteiger partial charge in [0.25, 0.3) is 5.91 Å². The molecule has 1 unspecified atom stereocenters. The van der Waals surface area contributed by atoms with Gasteiger partial charge in [-0.1, -0.05) is 0 Å². The number of aromatic nitrogens is 2. The minimum absolute atomic E-state index is 0.0159. The van der Waals surface area contributed by atoms with Crippen LogP contribution in [0.2, 0.25) is 0 Å². The summed E-state index contributed by atoms with van der Waals surface area (Å²) in [6.07, 6.45) is -3.74. The fourth-order valence-electron chi connectivity index (χ4n) is 3.51. The van der Waals surface area contributed by atoms with Crippen molar-refractivity contribution < 1.29 is 18.0 Å². The third-order valence-electron chi connectivity index (χ3n) is 5.01. The molecule has 1 aliphatic rings. The predicted octanol–water partition coefficient (Wildman–Crippen LogP) is 3.81. The standard InChI is InChI=1S/C19H20F3N5OS2/c1-10-8-29-15(25-10)6-24-11-3-4-27(7-11)14-5-13(19(20,21)22)17-16(26-14)12(9-30-17)18(28)23-2/h5,8-9,11,24H,3-4,6-7H2,1-2H3,(H,23,28). The molecule has 1 aliphatic heterocycles. The number of pyridine rings is 1. The first kappa shape index (κ1) is 21.0. The van der Waals surface area contributed by atoms with Gasteiger partial charge in [-0.15, -0.1) is 22.7 Å². The summed E-state index contributed by atoms with van der Waals surface area (Å²) in [4.78, 5) is 22.8. The third kappa shape index (κ3) is 4.14. The molecule has 3 aromatic heterocycles. The molecule has 30 heavy (non-hydrogen) atoms. The second-order valence-electron chi connectivity index (χ2n) is 7.13. The Morgan fingerprint density at radius 3 is 2.77 bits per heavy atom. The molecule has 1 fully saturated rings. The van der Waals surface area contributed by atoms with E-state index in [1.165, 1.54) is 12.4 Å². The Morgan fingerprint density at radius 1 is 1.30 bits per heavy atom. The van der Waals surface area contributed by atoms with Crippen LogP contribution in [-0.4, -0.2) is 42.1 Å². The van der Waals surface area contributed by atoms with Crippen molar-refractivity contribution in [1.29, 1.82) is 0 Å². The highest BCUT2D eigenvalue weighted by molar-refractivity contribution is 7.17. The Hall–Kier alpha value is -2.24. The average Bonchev–Trinajstić information content (AvgIpc) is 3.43. The fourth-order valence-corrected chi connectivity index (χ4v) is 5.26. The van der Waals surface area contributed by atoms with Crippen LogP contribution < -0.4 is 15.5 Å². The van der Waals surface area contributed by atoms with Crippen LogP contribution in [0.25, 0.3) is 10.2 Å². The number of thiazole rings is 1. The molecule has 1 amide bonds. The molecule has 11 heteroatoms. The van der Waals surface area contributed by atoms with Crippen LogP contribution in [0.3, 0.4) is 0 Å². The first-order chi connectivity index (χ1) is 14.3. The highest BCUT2D eigenvalue weighted by Crippen LogP contribution is 2.40. The summed E-state index contributed by atoms with van der Waals surface area (Å²) in [7, 11) is 1.45. The Balaban J connectivity index is 1.59. The highest BCUT2D eigenvalue weighted by Gasteiger charge is 2.36. The van der Waals surface area contributed by atoms with E-state index in [2.05, 4.69) is 20.6 Å². The largest absolute Gasteiger partial charge is 0.417 e. The van der Waals surface area contributed by atoms with Gasteiger partial charge in [0.1, 0.15) is 10.8 Å². The topological polar surface area (TPSA) is 70.2 Å². The van der Waals surface area contributed by atoms with E-state index < -0.39 is 17.6 Å². The van der Waals surface area contributed by atoms with Crippen LogP contribution in [0.5, 0.6) is 0 Å². The Bertz CT molecular complexity index is 1080. The van der Waals surface area contributed by atoms with Gasteiger partial charge in [-0.25, -0.2) is 9.97 Å². The van der Waals surface area contributed by atoms with E-state index >= 15 is 0 Å². The maximum Gasteiger partial charge on any atom is 0.417 e. The number of aryl methyl sites for hydroxylation is 1. The summed E-state index contributed by atoms with van der Waals surface area (Å²) in [6.45, 7) is 3.70. The van der Waals surface area contributed by atoms with E-state index in [9.17, 15) is 18.0 Å². The SMILES string of the molecule is CNC(=O)c1csc2c(C(F)(F)F)cc(N3CCC(NCc4nc(C)cs4)C3)nc12. The minimum atomic E-state index is -4.53. The van der Waals surface area contributed by atoms with Crippen LogP contribution in [-0.2, 0) is 12.7 Å². The van der Waals surface area contributed by atoms with Crippen LogP contribution in [0, 0.1) is 6.92 Å². The van der Waals surface area contributed by atoms with Crippen molar-refractivity contribution in [2.75, 3.05) is 25.0 Å². The molecule has 4 rings (SSSR count). The summed E-state index contributed by atoms with van der Waals surface area (Å²) < 4.78 is 41.1. The maximum absolute atomic E-state index is 13.7. The number of nitrogens with zero attached hydrogens (tertiary/aromatic N) is 3. The maximum atomic E-state index is 13.7. The molecule has 1 atom stereocenters. The van der Waals surface area contributed by atoms with Crippen molar-refractivity contribution in [3.05, 3.63) is 38.7 Å². The smallest absolute Gasteiger partial charge is 0.355 e. The van der Waals surface area contributed by atoms with Crippen LogP contribution in [0.15, 0.2) is 16.8 Å². The van der Waals surface area contributed by atoms with Crippen LogP contribution >= 0.6 is 22.7 Å². The van der Waals surface area contributed by atoms with Gasteiger partial charge in [-0.05, 0) is 19.4 Å². The molecule has 3 aromatic rings. The van der Waals surface area contributed by atoms with Gasteiger partial charge in [0.05, 0.1) is 21.3 Å². The number of thiophene rings is 1. The van der Waals surface area contributed by atoms with Gasteiger partial charge in [0.15, 0.2) is 0 Å². The number of halogens is 3. The van der Waals surface area contributed by atoms with Crippen molar-refractivity contribution in [2.24, 2.45) is 0 Å². The molecule has 0 radical (unpaired) electrons. The second-order valence-corrected chi connectivity index (χ2v) is 8.95. The van der Waals surface area contributed by atoms with Gasteiger partial charge in [0.2, 0.25) is 0 Å². The normalized spacial score (nSPS) is 17.1. The van der Waals surface area contributed by atoms with E-state index in [4.69, 9.17) is 0 Å². The molecule has 2 N–H and O–H groups in total. The fraction of sp³-hybridized carbons (Fsp3) is 0.421. The van der Waals surface area contributed by atoms with Gasteiger partial charge < -0.3 is 15.5 Å². The molecule has 0 spiro atoms. The summed E-state index contributed by atoms with van der Waals surface area (Å²) in [5.74, 6) is -0.202. The number of hydrogen-bond donors (Lipinski definition) is 2. The number of fused-ring (bicyclic) bond motifs is 1. The van der Waals surface area contributed by atoms with Crippen molar-refractivity contribution in [2.45, 2.75) is 32.1 Å². The van der Waals surface area contributed by atoms with Gasteiger partial charge >= 0.3 is 6.18 Å². The molecule has 1 saturated heterocycles. The summed E-state index contributed by atoms with van der Waals surface area (Å²) >= 11 is 2.47. The molecule has 160 valence electrons. The Morgan fingerprint density at radius 2 is 2.10 bits per heavy atom. The lowest BCUT2D eigenvalue weighted by molar-refractivity contribution is -0.136. The summed E-state index contributed by atoms with van der Waals surface area (Å²) in [5, 5.41) is 10.3. The quantitative estimate of drug-likeness (QED) is 0.612. The first-order valence-electron chi connectivity index (χ1n) is 9.37. The number of carbonyl (C=O) groups excluding carboxylic acids is 1. The summed E-state index contributed by atoms with van der Waals surface area (Å²) in [6, 6.07) is 1.22.